The molecule has 0 bridgehead atoms. The average Bonchev–Trinajstić information content (AvgIpc) is 1.78. The van der Waals surface area contributed by atoms with E-state index < -0.39 is 16.6 Å². The Kier molecular flexibility index (Phi) is 5.18. The summed E-state index contributed by atoms with van der Waals surface area (Å²) < 4.78 is 11.8. The molecule has 14 heavy (non-hydrogen) atoms. The summed E-state index contributed by atoms with van der Waals surface area (Å²) in [6.07, 6.45) is 0. The van der Waals surface area contributed by atoms with E-state index >= 15 is 0 Å². The molecule has 0 fully saturated rings. The van der Waals surface area contributed by atoms with E-state index in [1.807, 2.05) is 0 Å². The van der Waals surface area contributed by atoms with Crippen LogP contribution in [0.25, 0.3) is 0 Å². The maximum Gasteiger partial charge on any atom is 0.246 e. The molecule has 0 amide bonds. The quantitative estimate of drug-likeness (QED) is 0.550. The summed E-state index contributed by atoms with van der Waals surface area (Å²) in [5.74, 6) is 0.817. The van der Waals surface area contributed by atoms with Crippen LogP contribution < -0.4 is 0 Å². The first-order chi connectivity index (χ1) is 6.14. The lowest BCUT2D eigenvalue weighted by atomic mass is 11.0. The molecule has 0 radical (unpaired) electrons. The van der Waals surface area contributed by atoms with Gasteiger partial charge in [0.15, 0.2) is 0 Å². The largest absolute Gasteiger partial charge is 0.521 e. The zero-order valence-electron chi connectivity index (χ0n) is 10.6. The fourth-order valence-corrected chi connectivity index (χ4v) is 3.25. The van der Waals surface area contributed by atoms with Gasteiger partial charge in [-0.25, -0.2) is 0 Å². The summed E-state index contributed by atoms with van der Waals surface area (Å²) in [7, 11) is -3.15. The Labute approximate surface area is 92.8 Å². The molecule has 2 nitrogen and oxygen atoms in total. The van der Waals surface area contributed by atoms with Crippen molar-refractivity contribution < 1.29 is 8.85 Å². The normalized spacial score (nSPS) is 13.1. The highest BCUT2D eigenvalue weighted by Gasteiger charge is 2.23. The van der Waals surface area contributed by atoms with Crippen LogP contribution in [0.4, 0.5) is 0 Å². The van der Waals surface area contributed by atoms with Gasteiger partial charge in [-0.05, 0) is 45.0 Å². The van der Waals surface area contributed by atoms with Crippen molar-refractivity contribution in [2.24, 2.45) is 0 Å². The van der Waals surface area contributed by atoms with Gasteiger partial charge < -0.3 is 8.85 Å². The first-order valence-corrected chi connectivity index (χ1v) is 14.3. The predicted molar refractivity (Wildman–Crippen MR) is 71.4 cm³/mol. The molecule has 0 aliphatic rings. The summed E-state index contributed by atoms with van der Waals surface area (Å²) in [4.78, 5) is 0. The maximum atomic E-state index is 5.90. The SMILES string of the molecule is C[SiH2]C=C(O[Si](C)(C)C)O[Si](C)(C)C. The highest BCUT2D eigenvalue weighted by atomic mass is 28.4. The van der Waals surface area contributed by atoms with Crippen molar-refractivity contribution in [1.82, 2.24) is 0 Å². The second-order valence-electron chi connectivity index (χ2n) is 5.36. The molecule has 0 aromatic rings. The van der Waals surface area contributed by atoms with Crippen LogP contribution in [0, 0.1) is 0 Å². The van der Waals surface area contributed by atoms with Gasteiger partial charge >= 0.3 is 0 Å². The number of rotatable bonds is 5. The van der Waals surface area contributed by atoms with Crippen LogP contribution >= 0.6 is 0 Å². The van der Waals surface area contributed by atoms with Gasteiger partial charge in [0.25, 0.3) is 0 Å². The summed E-state index contributed by atoms with van der Waals surface area (Å²) in [6.45, 7) is 15.4. The molecule has 0 rings (SSSR count). The predicted octanol–water partition coefficient (Wildman–Crippen LogP) is 2.71. The topological polar surface area (TPSA) is 18.5 Å². The monoisotopic (exact) mass is 248 g/mol. The maximum absolute atomic E-state index is 5.90. The standard InChI is InChI=1S/C9H24O2Si3/c1-12-8-9(10-13(2,3)4)11-14(5,6)7/h8H,12H2,1-7H3. The van der Waals surface area contributed by atoms with E-state index in [0.717, 1.165) is 5.95 Å². The molecule has 0 atom stereocenters. The highest BCUT2D eigenvalue weighted by Crippen LogP contribution is 2.16. The van der Waals surface area contributed by atoms with E-state index in [0.29, 0.717) is 0 Å². The van der Waals surface area contributed by atoms with E-state index in [1.54, 1.807) is 0 Å². The Hall–Kier alpha value is -0.00935. The second-order valence-corrected chi connectivity index (χ2v) is 15.4. The third-order valence-electron chi connectivity index (χ3n) is 1.18. The van der Waals surface area contributed by atoms with Gasteiger partial charge in [-0.1, -0.05) is 6.55 Å². The van der Waals surface area contributed by atoms with Crippen LogP contribution in [-0.4, -0.2) is 26.2 Å². The van der Waals surface area contributed by atoms with Crippen LogP contribution in [0.2, 0.25) is 45.8 Å². The summed E-state index contributed by atoms with van der Waals surface area (Å²) in [5.41, 5.74) is 2.18. The van der Waals surface area contributed by atoms with E-state index in [9.17, 15) is 0 Å². The van der Waals surface area contributed by atoms with Crippen molar-refractivity contribution in [3.8, 4) is 0 Å². The zero-order valence-corrected chi connectivity index (χ0v) is 14.0. The van der Waals surface area contributed by atoms with Gasteiger partial charge in [0, 0.05) is 0 Å². The number of hydrogen-bond donors (Lipinski definition) is 0. The van der Waals surface area contributed by atoms with Crippen molar-refractivity contribution >= 4 is 26.2 Å². The third kappa shape index (κ3) is 8.58. The summed E-state index contributed by atoms with van der Waals surface area (Å²) in [5, 5.41) is 0. The van der Waals surface area contributed by atoms with Gasteiger partial charge in [0.05, 0.1) is 9.52 Å². The molecule has 0 heterocycles. The molecule has 0 aliphatic heterocycles. The molecule has 0 saturated carbocycles. The Morgan fingerprint density at radius 1 is 0.929 bits per heavy atom. The van der Waals surface area contributed by atoms with E-state index in [1.165, 1.54) is 0 Å². The molecular formula is C9H24O2Si3. The Balaban J connectivity index is 4.41. The third-order valence-corrected chi connectivity index (χ3v) is 3.55. The van der Waals surface area contributed by atoms with Gasteiger partial charge in [-0.2, -0.15) is 0 Å². The highest BCUT2D eigenvalue weighted by molar-refractivity contribution is 6.71. The molecule has 84 valence electrons. The molecule has 0 N–H and O–H groups in total. The van der Waals surface area contributed by atoms with Gasteiger partial charge in [-0.3, -0.25) is 0 Å². The smallest absolute Gasteiger partial charge is 0.246 e. The van der Waals surface area contributed by atoms with Crippen molar-refractivity contribution in [2.45, 2.75) is 45.8 Å². The Bertz CT molecular complexity index is 183. The second kappa shape index (κ2) is 5.18. The van der Waals surface area contributed by atoms with Crippen LogP contribution in [-0.2, 0) is 8.85 Å². The van der Waals surface area contributed by atoms with Crippen LogP contribution in [0.1, 0.15) is 0 Å². The molecule has 0 spiro atoms. The molecule has 0 aliphatic carbocycles. The van der Waals surface area contributed by atoms with Crippen LogP contribution in [0.5, 0.6) is 0 Å². The van der Waals surface area contributed by atoms with Gasteiger partial charge in [-0.15, -0.1) is 0 Å². The zero-order chi connectivity index (χ0) is 11.4. The number of hydrogen-bond acceptors (Lipinski definition) is 2. The Morgan fingerprint density at radius 3 is 1.50 bits per heavy atom. The van der Waals surface area contributed by atoms with Crippen molar-refractivity contribution in [2.75, 3.05) is 0 Å². The minimum atomic E-state index is -1.51. The molecule has 0 saturated heterocycles. The average molecular weight is 249 g/mol. The van der Waals surface area contributed by atoms with E-state index in [2.05, 4.69) is 51.5 Å². The molecule has 5 heteroatoms. The summed E-state index contributed by atoms with van der Waals surface area (Å²) >= 11 is 0. The summed E-state index contributed by atoms with van der Waals surface area (Å²) in [6, 6.07) is 0. The lowest BCUT2D eigenvalue weighted by Crippen LogP contribution is -2.31. The van der Waals surface area contributed by atoms with Crippen LogP contribution in [0.15, 0.2) is 11.6 Å². The molecule has 0 aromatic heterocycles. The van der Waals surface area contributed by atoms with Crippen molar-refractivity contribution in [3.63, 3.8) is 0 Å². The fourth-order valence-electron chi connectivity index (χ4n) is 0.874. The fraction of sp³-hybridized carbons (Fsp3) is 0.778. The van der Waals surface area contributed by atoms with Crippen LogP contribution in [0.3, 0.4) is 0 Å². The van der Waals surface area contributed by atoms with Gasteiger partial charge in [0.2, 0.25) is 22.6 Å². The van der Waals surface area contributed by atoms with Gasteiger partial charge in [0.1, 0.15) is 0 Å². The van der Waals surface area contributed by atoms with E-state index in [-0.39, 0.29) is 9.52 Å². The lowest BCUT2D eigenvalue weighted by Gasteiger charge is -2.27. The Morgan fingerprint density at radius 2 is 1.29 bits per heavy atom. The van der Waals surface area contributed by atoms with Crippen molar-refractivity contribution in [1.29, 1.82) is 0 Å². The van der Waals surface area contributed by atoms with Crippen molar-refractivity contribution in [3.05, 3.63) is 11.6 Å². The molecular weight excluding hydrogens is 224 g/mol. The first-order valence-electron chi connectivity index (χ1n) is 5.22. The minimum absolute atomic E-state index is 0.139. The molecule has 0 aromatic carbocycles. The lowest BCUT2D eigenvalue weighted by molar-refractivity contribution is 0.218. The van der Waals surface area contributed by atoms with E-state index in [4.69, 9.17) is 8.85 Å². The molecule has 0 unspecified atom stereocenters. The first kappa shape index (κ1) is 14.0. The minimum Gasteiger partial charge on any atom is -0.521 e.